The van der Waals surface area contributed by atoms with E-state index in [0.717, 1.165) is 30.7 Å². The number of nitrogens with one attached hydrogen (secondary N) is 4. The summed E-state index contributed by atoms with van der Waals surface area (Å²) in [6.07, 6.45) is -0.876. The minimum absolute atomic E-state index is 0.00770. The minimum atomic E-state index is -4.53. The molecule has 1 saturated heterocycles. The number of halogens is 3. The van der Waals surface area contributed by atoms with Crippen molar-refractivity contribution in [1.29, 1.82) is 0 Å². The number of urea groups is 1. The zero-order valence-corrected chi connectivity index (χ0v) is 32.2. The first-order valence-electron chi connectivity index (χ1n) is 18.9. The molecule has 2 aliphatic heterocycles. The Morgan fingerprint density at radius 1 is 1.09 bits per heavy atom. The maximum absolute atomic E-state index is 14.4. The lowest BCUT2D eigenvalue weighted by Crippen LogP contribution is -2.65. The van der Waals surface area contributed by atoms with Gasteiger partial charge in [-0.25, -0.2) is 9.78 Å². The number of alkyl halides is 3. The Morgan fingerprint density at radius 3 is 2.47 bits per heavy atom. The van der Waals surface area contributed by atoms with Crippen LogP contribution in [0.15, 0.2) is 59.5 Å². The number of aromatic nitrogens is 2. The van der Waals surface area contributed by atoms with Crippen LogP contribution in [-0.2, 0) is 32.4 Å². The summed E-state index contributed by atoms with van der Waals surface area (Å²) in [5.74, 6) is 0.0337. The smallest absolute Gasteiger partial charge is 0.404 e. The van der Waals surface area contributed by atoms with Crippen molar-refractivity contribution in [2.45, 2.75) is 102 Å². The first-order chi connectivity index (χ1) is 25.8. The molecule has 55 heavy (non-hydrogen) atoms. The van der Waals surface area contributed by atoms with Gasteiger partial charge in [-0.05, 0) is 92.3 Å². The minimum Gasteiger partial charge on any atom is -0.404 e. The fourth-order valence-corrected chi connectivity index (χ4v) is 9.20. The average molecular weight is 764 g/mol. The van der Waals surface area contributed by atoms with Gasteiger partial charge in [0.2, 0.25) is 5.91 Å². The molecule has 7 atom stereocenters. The fraction of sp³-hybridized carbons (Fsp3) is 0.538. The van der Waals surface area contributed by atoms with Crippen LogP contribution < -0.4 is 31.7 Å². The second kappa shape index (κ2) is 13.9. The van der Waals surface area contributed by atoms with Crippen LogP contribution in [0.2, 0.25) is 0 Å². The molecule has 0 spiro atoms. The topological polar surface area (TPSA) is 139 Å². The molecule has 0 radical (unpaired) electrons. The van der Waals surface area contributed by atoms with Crippen LogP contribution in [0.3, 0.4) is 0 Å². The Hall–Kier alpha value is -4.57. The van der Waals surface area contributed by atoms with Crippen molar-refractivity contribution < 1.29 is 32.1 Å². The van der Waals surface area contributed by atoms with E-state index >= 15 is 0 Å². The molecule has 2 bridgehead atoms. The lowest BCUT2D eigenvalue weighted by atomic mass is 9.43. The second-order valence-corrected chi connectivity index (χ2v) is 16.7. The van der Waals surface area contributed by atoms with E-state index in [1.807, 2.05) is 38.1 Å². The first-order valence-corrected chi connectivity index (χ1v) is 18.9. The normalized spacial score (nSPS) is 28.0. The molecular weight excluding hydrogens is 714 g/mol. The van der Waals surface area contributed by atoms with E-state index in [4.69, 9.17) is 9.31 Å². The van der Waals surface area contributed by atoms with Crippen LogP contribution in [0.1, 0.15) is 83.3 Å². The van der Waals surface area contributed by atoms with Crippen molar-refractivity contribution in [3.8, 4) is 0 Å². The van der Waals surface area contributed by atoms with Gasteiger partial charge in [-0.2, -0.15) is 13.2 Å². The predicted molar refractivity (Wildman–Crippen MR) is 204 cm³/mol. The number of carbonyl (C=O) groups is 2. The highest BCUT2D eigenvalue weighted by atomic mass is 19.4. The summed E-state index contributed by atoms with van der Waals surface area (Å²) in [6.45, 7) is 10.2. The van der Waals surface area contributed by atoms with E-state index in [1.165, 1.54) is 22.9 Å². The number of anilines is 3. The highest BCUT2D eigenvalue weighted by molar-refractivity contribution is 6.47. The Morgan fingerprint density at radius 2 is 1.82 bits per heavy atom. The molecule has 1 aromatic heterocycles. The van der Waals surface area contributed by atoms with Crippen LogP contribution in [0, 0.1) is 17.3 Å². The number of fused-ring (bicyclic) bond motifs is 1. The molecule has 3 saturated carbocycles. The van der Waals surface area contributed by atoms with Gasteiger partial charge >= 0.3 is 19.3 Å². The summed E-state index contributed by atoms with van der Waals surface area (Å²) < 4.78 is 54.6. The predicted octanol–water partition coefficient (Wildman–Crippen LogP) is 6.08. The fourth-order valence-electron chi connectivity index (χ4n) is 9.20. The van der Waals surface area contributed by atoms with Crippen molar-refractivity contribution in [2.75, 3.05) is 29.6 Å². The Balaban J connectivity index is 1.14. The van der Waals surface area contributed by atoms with Crippen LogP contribution >= 0.6 is 0 Å². The second-order valence-electron chi connectivity index (χ2n) is 16.7. The van der Waals surface area contributed by atoms with Crippen LogP contribution in [-0.4, -0.2) is 60.3 Å². The van der Waals surface area contributed by atoms with Crippen molar-refractivity contribution in [1.82, 2.24) is 20.2 Å². The number of carbonyl (C=O) groups excluding carboxylic acids is 2. The Kier molecular flexibility index (Phi) is 9.76. The number of hydrogen-bond acceptors (Lipinski definition) is 8. The summed E-state index contributed by atoms with van der Waals surface area (Å²) >= 11 is 0. The number of hydrogen-bond donors (Lipinski definition) is 4. The molecule has 3 heterocycles. The van der Waals surface area contributed by atoms with Crippen molar-refractivity contribution >= 4 is 36.1 Å². The Labute approximate surface area is 319 Å². The van der Waals surface area contributed by atoms with Crippen LogP contribution in [0.4, 0.5) is 35.0 Å². The molecule has 2 aromatic carbocycles. The average Bonchev–Trinajstić information content (AvgIpc) is 3.64. The molecule has 16 heteroatoms. The van der Waals surface area contributed by atoms with Gasteiger partial charge < -0.3 is 35.5 Å². The number of amides is 3. The molecule has 0 unspecified atom stereocenters. The van der Waals surface area contributed by atoms with Gasteiger partial charge in [0.1, 0.15) is 17.6 Å². The summed E-state index contributed by atoms with van der Waals surface area (Å²) in [6, 6.07) is 10.4. The standard InChI is InChI=1S/C39H49BF3N7O5/c1-8-31(40-54-30-18-24-17-29(36(24,2)3)38(30,5)55-40)47-32(51)28-19-37(4,48-35(53)46-25-12-14-26(15-13-25)49(6)7)34-45-21-27(33(52)50(28)34)44-20-22-10-9-11-23(16-22)39(41,42)43/h9-16,21,24,28-31,44H,8,17-20H2,1-7H3,(H,47,51)(H2,46,48,53)/t24-,28-,29-,30+,31-,37+,38-/m0/s1. The van der Waals surface area contributed by atoms with Crippen molar-refractivity contribution in [3.05, 3.63) is 82.0 Å². The third kappa shape index (κ3) is 6.96. The summed E-state index contributed by atoms with van der Waals surface area (Å²) in [5, 5.41) is 11.8. The number of rotatable bonds is 10. The number of benzene rings is 2. The van der Waals surface area contributed by atoms with Crippen molar-refractivity contribution in [3.63, 3.8) is 0 Å². The molecular formula is C39H49BF3N7O5. The molecule has 294 valence electrons. The van der Waals surface area contributed by atoms with Gasteiger partial charge in [0.15, 0.2) is 0 Å². The van der Waals surface area contributed by atoms with Gasteiger partial charge in [0.25, 0.3) is 5.56 Å². The molecule has 4 N–H and O–H groups in total. The van der Waals surface area contributed by atoms with Crippen molar-refractivity contribution in [2.24, 2.45) is 17.3 Å². The van der Waals surface area contributed by atoms with Crippen LogP contribution in [0.25, 0.3) is 0 Å². The first kappa shape index (κ1) is 38.7. The summed E-state index contributed by atoms with van der Waals surface area (Å²) in [4.78, 5) is 48.5. The third-order valence-corrected chi connectivity index (χ3v) is 12.5. The Bertz CT molecular complexity index is 2030. The molecule has 3 aliphatic carbocycles. The zero-order valence-electron chi connectivity index (χ0n) is 32.2. The monoisotopic (exact) mass is 763 g/mol. The van der Waals surface area contributed by atoms with E-state index in [0.29, 0.717) is 29.5 Å². The molecule has 5 aliphatic rings. The van der Waals surface area contributed by atoms with E-state index < -0.39 is 59.5 Å². The van der Waals surface area contributed by atoms with Gasteiger partial charge in [-0.3, -0.25) is 14.2 Å². The van der Waals surface area contributed by atoms with E-state index in [9.17, 15) is 27.6 Å². The molecule has 3 aromatic rings. The van der Waals surface area contributed by atoms with Crippen LogP contribution in [0.5, 0.6) is 0 Å². The van der Waals surface area contributed by atoms with Gasteiger partial charge in [-0.15, -0.1) is 0 Å². The van der Waals surface area contributed by atoms with E-state index in [-0.39, 0.29) is 36.0 Å². The quantitative estimate of drug-likeness (QED) is 0.182. The van der Waals surface area contributed by atoms with Gasteiger partial charge in [0, 0.05) is 38.4 Å². The van der Waals surface area contributed by atoms with Gasteiger partial charge in [-0.1, -0.05) is 32.9 Å². The summed E-state index contributed by atoms with van der Waals surface area (Å²) in [7, 11) is 3.13. The molecule has 3 amide bonds. The lowest BCUT2D eigenvalue weighted by Gasteiger charge is -2.64. The summed E-state index contributed by atoms with van der Waals surface area (Å²) in [5.41, 5.74) is -1.26. The lowest BCUT2D eigenvalue weighted by molar-refractivity contribution is -0.199. The SMILES string of the molecule is CC[C@H](NC(=O)[C@@H]1C[C@@](C)(NC(=O)Nc2ccc(N(C)C)cc2)c2ncc(NCc3cccc(C(F)(F)F)c3)c(=O)n21)B1O[C@@H]2C[C@@H]3C[C@@H](C3(C)C)[C@]2(C)O1. The maximum atomic E-state index is 14.4. The van der Waals surface area contributed by atoms with E-state index in [1.54, 1.807) is 19.1 Å². The highest BCUT2D eigenvalue weighted by Crippen LogP contribution is 2.65. The molecule has 8 rings (SSSR count). The molecule has 12 nitrogen and oxygen atoms in total. The zero-order chi connectivity index (χ0) is 39.7. The third-order valence-electron chi connectivity index (χ3n) is 12.5. The van der Waals surface area contributed by atoms with Gasteiger partial charge in [0.05, 0.1) is 34.9 Å². The number of nitrogens with zero attached hydrogens (tertiary/aromatic N) is 3. The molecule has 4 fully saturated rings. The maximum Gasteiger partial charge on any atom is 0.481 e. The van der Waals surface area contributed by atoms with E-state index in [2.05, 4.69) is 47.0 Å². The highest BCUT2D eigenvalue weighted by Gasteiger charge is 2.68. The largest absolute Gasteiger partial charge is 0.481 e.